The first kappa shape index (κ1) is 93.3. The van der Waals surface area contributed by atoms with Crippen LogP contribution in [0.5, 0.6) is 0 Å². The second-order valence-electron chi connectivity index (χ2n) is 24.7. The molecule has 0 aliphatic heterocycles. The smallest absolute Gasteiger partial charge is 0.181 e. The number of nitrogens with zero attached hydrogens (tertiary/aromatic N) is 22. The van der Waals surface area contributed by atoms with Crippen LogP contribution in [0.15, 0.2) is 123 Å². The molecular weight excluding hydrogens is 1310 g/mol. The van der Waals surface area contributed by atoms with Crippen LogP contribution in [0.3, 0.4) is 0 Å². The van der Waals surface area contributed by atoms with Gasteiger partial charge in [0.25, 0.3) is 0 Å². The Labute approximate surface area is 629 Å². The first-order chi connectivity index (χ1) is 50.4. The summed E-state index contributed by atoms with van der Waals surface area (Å²) < 4.78 is 14.6. The molecule has 0 amide bonds. The van der Waals surface area contributed by atoms with E-state index in [1.807, 2.05) is 203 Å². The van der Waals surface area contributed by atoms with E-state index in [1.165, 1.54) is 11.8 Å². The van der Waals surface area contributed by atoms with Crippen molar-refractivity contribution in [3.63, 3.8) is 0 Å². The van der Waals surface area contributed by atoms with Crippen LogP contribution in [-0.2, 0) is 49.3 Å². The highest BCUT2D eigenvalue weighted by atomic mass is 15.1. The highest BCUT2D eigenvalue weighted by molar-refractivity contribution is 5.77. The molecule has 13 aromatic heterocycles. The summed E-state index contributed by atoms with van der Waals surface area (Å²) in [4.78, 5) is 64.3. The standard InChI is InChI=1S/C11H14N2.4C10H13N3.2C9H12N4.7C2H6/c1-8(2)11-12-9-6-4-5-7-10(9)13(11)3;1-7(2)10-12-8-6-11-5-4-9(8)13(10)3;1-7(2)10-12-8-4-5-11-6-9(8)13(10)3;1-7(2)10-12-9-8(13(10)3)5-4-6-11-9;1-7(2)9-12-8-5-4-6-11-10(8)13(9)3;1-6(2)9-12-8-7(13(9)3)4-10-5-11-8;1-6(2)8-12-7-4-10-5-11-9(7)13(8)3;7*1-2/h4-8H,1-3H3;4*4-7H,1-3H3;2*4-6H,1-3H3;7*1-2H3. The van der Waals surface area contributed by atoms with Gasteiger partial charge in [0, 0.05) is 116 Å². The van der Waals surface area contributed by atoms with Gasteiger partial charge in [0.1, 0.15) is 75.5 Å². The van der Waals surface area contributed by atoms with Gasteiger partial charge in [-0.05, 0) is 48.5 Å². The third-order valence-electron chi connectivity index (χ3n) is 15.4. The monoisotopic (exact) mass is 1440 g/mol. The quantitative estimate of drug-likeness (QED) is 0.144. The van der Waals surface area contributed by atoms with E-state index in [0.717, 1.165) is 113 Å². The molecule has 0 saturated heterocycles. The summed E-state index contributed by atoms with van der Waals surface area (Å²) in [5, 5.41) is 0. The van der Waals surface area contributed by atoms with Crippen molar-refractivity contribution in [3.05, 3.63) is 164 Å². The fourth-order valence-electron chi connectivity index (χ4n) is 10.9. The van der Waals surface area contributed by atoms with Crippen LogP contribution in [0.2, 0.25) is 0 Å². The van der Waals surface area contributed by atoms with Crippen LogP contribution in [0, 0.1) is 0 Å². The number of rotatable bonds is 7. The van der Waals surface area contributed by atoms with Crippen molar-refractivity contribution in [2.24, 2.45) is 49.3 Å². The fraction of sp³-hybridized carbons (Fsp3) is 0.506. The zero-order chi connectivity index (χ0) is 80.0. The fourth-order valence-corrected chi connectivity index (χ4v) is 10.9. The maximum atomic E-state index is 4.57. The molecule has 22 nitrogen and oxygen atoms in total. The Morgan fingerprint density at radius 1 is 0.229 bits per heavy atom. The maximum Gasteiger partial charge on any atom is 0.181 e. The summed E-state index contributed by atoms with van der Waals surface area (Å²) in [7, 11) is 14.2. The maximum absolute atomic E-state index is 4.57. The minimum Gasteiger partial charge on any atom is -0.331 e. The van der Waals surface area contributed by atoms with Crippen LogP contribution in [0.25, 0.3) is 77.8 Å². The van der Waals surface area contributed by atoms with Crippen LogP contribution in [-0.4, -0.2) is 107 Å². The second-order valence-corrected chi connectivity index (χ2v) is 24.7. The van der Waals surface area contributed by atoms with Crippen molar-refractivity contribution >= 4 is 77.8 Å². The minimum absolute atomic E-state index is 0.416. The Bertz CT molecular complexity index is 3830. The lowest BCUT2D eigenvalue weighted by molar-refractivity contribution is 0.719. The number of hydrogen-bond donors (Lipinski definition) is 0. The van der Waals surface area contributed by atoms with Gasteiger partial charge in [0.05, 0.1) is 57.9 Å². The van der Waals surface area contributed by atoms with Gasteiger partial charge < -0.3 is 32.0 Å². The van der Waals surface area contributed by atoms with E-state index in [9.17, 15) is 0 Å². The molecule has 14 rings (SSSR count). The van der Waals surface area contributed by atoms with E-state index >= 15 is 0 Å². The lowest BCUT2D eigenvalue weighted by atomic mass is 10.2. The molecule has 0 saturated carbocycles. The molecule has 1 aromatic carbocycles. The van der Waals surface area contributed by atoms with E-state index in [0.29, 0.717) is 41.4 Å². The van der Waals surface area contributed by atoms with Crippen LogP contribution in [0.1, 0.15) is 276 Å². The average molecular weight is 1440 g/mol. The molecule has 22 heteroatoms. The largest absolute Gasteiger partial charge is 0.331 e. The molecular formula is C83H132N22. The third kappa shape index (κ3) is 25.0. The number of imidazole rings is 7. The number of para-hydroxylation sites is 2. The molecule has 0 radical (unpaired) electrons. The van der Waals surface area contributed by atoms with E-state index in [1.54, 1.807) is 49.7 Å². The Kier molecular flexibility index (Phi) is 42.9. The van der Waals surface area contributed by atoms with Gasteiger partial charge >= 0.3 is 0 Å². The lowest BCUT2D eigenvalue weighted by Gasteiger charge is -2.04. The number of pyridine rings is 4. The molecule has 0 unspecified atom stereocenters. The van der Waals surface area contributed by atoms with Crippen molar-refractivity contribution in [1.82, 2.24) is 107 Å². The number of aromatic nitrogens is 22. The zero-order valence-corrected chi connectivity index (χ0v) is 70.9. The minimum atomic E-state index is 0.416. The van der Waals surface area contributed by atoms with Gasteiger partial charge in [-0.2, -0.15) is 0 Å². The highest BCUT2D eigenvalue weighted by Gasteiger charge is 2.16. The zero-order valence-electron chi connectivity index (χ0n) is 70.9. The second kappa shape index (κ2) is 48.3. The van der Waals surface area contributed by atoms with E-state index in [4.69, 9.17) is 0 Å². The van der Waals surface area contributed by atoms with E-state index in [-0.39, 0.29) is 0 Å². The summed E-state index contributed by atoms with van der Waals surface area (Å²) in [6, 6.07) is 20.1. The lowest BCUT2D eigenvalue weighted by Crippen LogP contribution is -1.99. The molecule has 0 N–H and O–H groups in total. The highest BCUT2D eigenvalue weighted by Crippen LogP contribution is 2.25. The first-order valence-corrected chi connectivity index (χ1v) is 38.1. The van der Waals surface area contributed by atoms with Crippen molar-refractivity contribution in [2.45, 2.75) is 235 Å². The van der Waals surface area contributed by atoms with E-state index in [2.05, 4.69) is 214 Å². The van der Waals surface area contributed by atoms with E-state index < -0.39 is 0 Å². The van der Waals surface area contributed by atoms with Crippen molar-refractivity contribution in [2.75, 3.05) is 0 Å². The summed E-state index contributed by atoms with van der Waals surface area (Å²) in [6.07, 6.45) is 17.4. The summed E-state index contributed by atoms with van der Waals surface area (Å²) in [6.45, 7) is 58.0. The third-order valence-corrected chi connectivity index (χ3v) is 15.4. The molecule has 574 valence electrons. The Morgan fingerprint density at radius 3 is 1.00 bits per heavy atom. The predicted octanol–water partition coefficient (Wildman–Crippen LogP) is 21.2. The predicted molar refractivity (Wildman–Crippen MR) is 445 cm³/mol. The topological polar surface area (TPSA) is 228 Å². The summed E-state index contributed by atoms with van der Waals surface area (Å²) in [5.41, 5.74) is 14.0. The number of benzene rings is 1. The number of aryl methyl sites for hydroxylation is 7. The van der Waals surface area contributed by atoms with Gasteiger partial charge in [0.2, 0.25) is 0 Å². The van der Waals surface area contributed by atoms with Crippen LogP contribution in [0.4, 0.5) is 0 Å². The van der Waals surface area contributed by atoms with Crippen molar-refractivity contribution < 1.29 is 0 Å². The van der Waals surface area contributed by atoms with Crippen LogP contribution < -0.4 is 0 Å². The molecule has 105 heavy (non-hydrogen) atoms. The molecule has 0 aliphatic rings. The van der Waals surface area contributed by atoms with Gasteiger partial charge in [-0.1, -0.05) is 206 Å². The van der Waals surface area contributed by atoms with Crippen molar-refractivity contribution in [1.29, 1.82) is 0 Å². The van der Waals surface area contributed by atoms with Gasteiger partial charge in [-0.25, -0.2) is 64.8 Å². The number of hydrogen-bond acceptors (Lipinski definition) is 15. The van der Waals surface area contributed by atoms with Gasteiger partial charge in [-0.3, -0.25) is 9.97 Å². The van der Waals surface area contributed by atoms with Gasteiger partial charge in [-0.15, -0.1) is 0 Å². The average Bonchev–Trinajstić information content (AvgIpc) is 1.74. The Balaban J connectivity index is 0.000000595. The first-order valence-electron chi connectivity index (χ1n) is 38.1. The van der Waals surface area contributed by atoms with Crippen LogP contribution >= 0.6 is 0 Å². The Hall–Kier alpha value is -9.73. The normalized spacial score (nSPS) is 10.3. The molecule has 13 heterocycles. The van der Waals surface area contributed by atoms with Gasteiger partial charge in [0.15, 0.2) is 22.6 Å². The Morgan fingerprint density at radius 2 is 0.543 bits per heavy atom. The molecule has 0 spiro atoms. The number of fused-ring (bicyclic) bond motifs is 7. The molecule has 0 fully saturated rings. The van der Waals surface area contributed by atoms with Crippen molar-refractivity contribution in [3.8, 4) is 0 Å². The summed E-state index contributed by atoms with van der Waals surface area (Å²) >= 11 is 0. The molecule has 14 aromatic rings. The molecule has 0 aliphatic carbocycles. The summed E-state index contributed by atoms with van der Waals surface area (Å²) in [5.74, 6) is 10.8. The SMILES string of the molecule is CC.CC.CC.CC.CC.CC.CC.CC(C)c1nc2ccccc2n1C.CC(C)c1nc2cccnc2n1C.CC(C)c1nc2ccncc2n1C.CC(C)c1nc2cnccc2n1C.CC(C)c1nc2cncnc2n1C.CC(C)c1nc2ncccc2n1C.CC(C)c1nc2ncncc2n1C. The molecule has 0 atom stereocenters. The molecule has 0 bridgehead atoms.